The van der Waals surface area contributed by atoms with Crippen LogP contribution in [-0.4, -0.2) is 21.2 Å². The fourth-order valence-corrected chi connectivity index (χ4v) is 2.15. The first kappa shape index (κ1) is 13.5. The predicted octanol–water partition coefficient (Wildman–Crippen LogP) is 2.12. The highest BCUT2D eigenvalue weighted by Gasteiger charge is 2.19. The van der Waals surface area contributed by atoms with Crippen molar-refractivity contribution in [1.82, 2.24) is 4.57 Å². The number of halogens is 1. The Labute approximate surface area is 113 Å². The average molecular weight is 283 g/mol. The topological polar surface area (TPSA) is 85.4 Å². The van der Waals surface area contributed by atoms with Gasteiger partial charge in [-0.1, -0.05) is 11.6 Å². The van der Waals surface area contributed by atoms with Gasteiger partial charge in [0.25, 0.3) is 11.2 Å². The van der Waals surface area contributed by atoms with Crippen LogP contribution in [0.15, 0.2) is 29.2 Å². The van der Waals surface area contributed by atoms with Crippen molar-refractivity contribution in [3.8, 4) is 0 Å². The lowest BCUT2D eigenvalue weighted by Gasteiger charge is -2.13. The zero-order valence-electron chi connectivity index (χ0n) is 10.0. The molecule has 0 spiro atoms. The number of aliphatic hydroxyl groups is 1. The molecule has 1 aromatic heterocycles. The summed E-state index contributed by atoms with van der Waals surface area (Å²) in [5.41, 5.74) is -0.668. The molecule has 2 aromatic rings. The largest absolute Gasteiger partial charge is 0.394 e. The summed E-state index contributed by atoms with van der Waals surface area (Å²) in [7, 11) is 0. The average Bonchev–Trinajstić information content (AvgIpc) is 2.37. The van der Waals surface area contributed by atoms with Crippen molar-refractivity contribution in [2.45, 2.75) is 13.0 Å². The number of benzene rings is 1. The Kier molecular flexibility index (Phi) is 3.55. The van der Waals surface area contributed by atoms with Crippen LogP contribution in [0.5, 0.6) is 0 Å². The molecule has 0 radical (unpaired) electrons. The van der Waals surface area contributed by atoms with Crippen molar-refractivity contribution in [2.24, 2.45) is 0 Å². The van der Waals surface area contributed by atoms with Crippen LogP contribution in [0.2, 0.25) is 5.02 Å². The molecular formula is C12H11ClN2O4. The zero-order chi connectivity index (χ0) is 14.2. The van der Waals surface area contributed by atoms with E-state index in [-0.39, 0.29) is 33.6 Å². The fourth-order valence-electron chi connectivity index (χ4n) is 1.92. The Morgan fingerprint density at radius 1 is 1.42 bits per heavy atom. The molecule has 100 valence electrons. The molecule has 0 bridgehead atoms. The van der Waals surface area contributed by atoms with Gasteiger partial charge in [-0.3, -0.25) is 14.9 Å². The number of aliphatic hydroxyl groups excluding tert-OH is 1. The SMILES string of the molecule is CC(CO)n1ccc2c([N+](=O)[O-])c(Cl)ccc2c1=O. The lowest BCUT2D eigenvalue weighted by Crippen LogP contribution is -2.24. The molecule has 0 aliphatic heterocycles. The number of pyridine rings is 1. The first-order valence-electron chi connectivity index (χ1n) is 5.56. The standard InChI is InChI=1S/C12H11ClN2O4/c1-7(6-16)14-5-4-8-9(12(14)17)2-3-10(13)11(8)15(18)19/h2-5,7,16H,6H2,1H3. The Morgan fingerprint density at radius 2 is 2.11 bits per heavy atom. The normalized spacial score (nSPS) is 12.6. The number of aromatic nitrogens is 1. The highest BCUT2D eigenvalue weighted by Crippen LogP contribution is 2.31. The number of hydrogen-bond acceptors (Lipinski definition) is 4. The molecule has 1 N–H and O–H groups in total. The molecule has 0 aliphatic rings. The van der Waals surface area contributed by atoms with Gasteiger partial charge in [0.05, 0.1) is 28.3 Å². The van der Waals surface area contributed by atoms with E-state index in [2.05, 4.69) is 0 Å². The van der Waals surface area contributed by atoms with Crippen LogP contribution in [0.4, 0.5) is 5.69 Å². The van der Waals surface area contributed by atoms with Crippen LogP contribution in [0, 0.1) is 10.1 Å². The summed E-state index contributed by atoms with van der Waals surface area (Å²) in [4.78, 5) is 22.6. The summed E-state index contributed by atoms with van der Waals surface area (Å²) >= 11 is 5.79. The Morgan fingerprint density at radius 3 is 2.68 bits per heavy atom. The molecule has 0 aliphatic carbocycles. The fraction of sp³-hybridized carbons (Fsp3) is 0.250. The molecule has 1 aromatic carbocycles. The van der Waals surface area contributed by atoms with Gasteiger partial charge in [0, 0.05) is 6.20 Å². The molecule has 0 amide bonds. The van der Waals surface area contributed by atoms with Crippen LogP contribution in [0.25, 0.3) is 10.8 Å². The van der Waals surface area contributed by atoms with Crippen LogP contribution in [0.3, 0.4) is 0 Å². The molecule has 1 heterocycles. The van der Waals surface area contributed by atoms with Crippen LogP contribution >= 0.6 is 11.6 Å². The number of nitro benzene ring substituents is 1. The summed E-state index contributed by atoms with van der Waals surface area (Å²) in [5.74, 6) is 0. The van der Waals surface area contributed by atoms with Crippen molar-refractivity contribution in [3.05, 3.63) is 49.9 Å². The maximum atomic E-state index is 12.2. The number of fused-ring (bicyclic) bond motifs is 1. The van der Waals surface area contributed by atoms with E-state index in [4.69, 9.17) is 16.7 Å². The number of nitrogens with zero attached hydrogens (tertiary/aromatic N) is 2. The van der Waals surface area contributed by atoms with E-state index < -0.39 is 11.0 Å². The second-order valence-corrected chi connectivity index (χ2v) is 4.58. The summed E-state index contributed by atoms with van der Waals surface area (Å²) < 4.78 is 1.33. The Balaban J connectivity index is 2.83. The third-order valence-corrected chi connectivity index (χ3v) is 3.26. The highest BCUT2D eigenvalue weighted by molar-refractivity contribution is 6.34. The van der Waals surface area contributed by atoms with Gasteiger partial charge in [-0.25, -0.2) is 0 Å². The molecule has 6 nitrogen and oxygen atoms in total. The molecular weight excluding hydrogens is 272 g/mol. The molecule has 0 fully saturated rings. The van der Waals surface area contributed by atoms with Crippen molar-refractivity contribution < 1.29 is 10.0 Å². The summed E-state index contributed by atoms with van der Waals surface area (Å²) in [6, 6.07) is 3.85. The van der Waals surface area contributed by atoms with Gasteiger partial charge < -0.3 is 9.67 Å². The van der Waals surface area contributed by atoms with Crippen LogP contribution < -0.4 is 5.56 Å². The lowest BCUT2D eigenvalue weighted by molar-refractivity contribution is -0.382. The van der Waals surface area contributed by atoms with Crippen molar-refractivity contribution in [1.29, 1.82) is 0 Å². The minimum absolute atomic E-state index is 0.00939. The molecule has 19 heavy (non-hydrogen) atoms. The first-order chi connectivity index (χ1) is 8.97. The molecule has 0 saturated heterocycles. The Bertz CT molecular complexity index is 711. The van der Waals surface area contributed by atoms with Gasteiger partial charge in [0.1, 0.15) is 5.02 Å². The predicted molar refractivity (Wildman–Crippen MR) is 71.7 cm³/mol. The van der Waals surface area contributed by atoms with Crippen molar-refractivity contribution in [3.63, 3.8) is 0 Å². The number of rotatable bonds is 3. The summed E-state index contributed by atoms with van der Waals surface area (Å²) in [6.45, 7) is 1.48. The third-order valence-electron chi connectivity index (χ3n) is 2.96. The van der Waals surface area contributed by atoms with E-state index in [9.17, 15) is 14.9 Å². The maximum Gasteiger partial charge on any atom is 0.295 e. The van der Waals surface area contributed by atoms with Gasteiger partial charge >= 0.3 is 0 Å². The zero-order valence-corrected chi connectivity index (χ0v) is 10.8. The van der Waals surface area contributed by atoms with Crippen LogP contribution in [0.1, 0.15) is 13.0 Å². The van der Waals surface area contributed by atoms with E-state index >= 15 is 0 Å². The molecule has 1 atom stereocenters. The molecule has 2 rings (SSSR count). The van der Waals surface area contributed by atoms with Gasteiger partial charge in [-0.2, -0.15) is 0 Å². The minimum Gasteiger partial charge on any atom is -0.394 e. The lowest BCUT2D eigenvalue weighted by atomic mass is 10.1. The summed E-state index contributed by atoms with van der Waals surface area (Å²) in [6.07, 6.45) is 1.43. The second-order valence-electron chi connectivity index (χ2n) is 4.17. The molecule has 0 saturated carbocycles. The monoisotopic (exact) mass is 282 g/mol. The van der Waals surface area contributed by atoms with Crippen molar-refractivity contribution in [2.75, 3.05) is 6.61 Å². The van der Waals surface area contributed by atoms with E-state index in [0.717, 1.165) is 0 Å². The van der Waals surface area contributed by atoms with Gasteiger partial charge in [0.2, 0.25) is 0 Å². The minimum atomic E-state index is -0.607. The van der Waals surface area contributed by atoms with Gasteiger partial charge in [-0.15, -0.1) is 0 Å². The maximum absolute atomic E-state index is 12.2. The summed E-state index contributed by atoms with van der Waals surface area (Å²) in [5, 5.41) is 20.5. The number of nitro groups is 1. The van der Waals surface area contributed by atoms with E-state index in [0.29, 0.717) is 0 Å². The van der Waals surface area contributed by atoms with Gasteiger partial charge in [-0.05, 0) is 25.1 Å². The van der Waals surface area contributed by atoms with Crippen LogP contribution in [-0.2, 0) is 0 Å². The van der Waals surface area contributed by atoms with Crippen molar-refractivity contribution >= 4 is 28.1 Å². The molecule has 1 unspecified atom stereocenters. The smallest absolute Gasteiger partial charge is 0.295 e. The highest BCUT2D eigenvalue weighted by atomic mass is 35.5. The van der Waals surface area contributed by atoms with E-state index in [1.54, 1.807) is 6.92 Å². The number of hydrogen-bond donors (Lipinski definition) is 1. The Hall–Kier alpha value is -1.92. The molecule has 7 heteroatoms. The second kappa shape index (κ2) is 4.99. The van der Waals surface area contributed by atoms with E-state index in [1.165, 1.54) is 29.0 Å². The van der Waals surface area contributed by atoms with Gasteiger partial charge in [0.15, 0.2) is 0 Å². The quantitative estimate of drug-likeness (QED) is 0.690. The first-order valence-corrected chi connectivity index (χ1v) is 5.93. The third kappa shape index (κ3) is 2.20. The van der Waals surface area contributed by atoms with E-state index in [1.807, 2.05) is 0 Å².